The Bertz CT molecular complexity index is 940. The van der Waals surface area contributed by atoms with Gasteiger partial charge in [-0.2, -0.15) is 4.98 Å². The Morgan fingerprint density at radius 1 is 1.08 bits per heavy atom. The first kappa shape index (κ1) is 16.0. The maximum absolute atomic E-state index is 12.5. The zero-order valence-electron chi connectivity index (χ0n) is 14.0. The van der Waals surface area contributed by atoms with E-state index in [1.54, 1.807) is 42.7 Å². The Labute approximate surface area is 150 Å². The van der Waals surface area contributed by atoms with E-state index >= 15 is 0 Å². The van der Waals surface area contributed by atoms with Crippen LogP contribution in [0.25, 0.3) is 11.3 Å². The summed E-state index contributed by atoms with van der Waals surface area (Å²) in [6.07, 6.45) is 5.62. The number of nitrogens with zero attached hydrogens (tertiary/aromatic N) is 3. The van der Waals surface area contributed by atoms with Gasteiger partial charge < -0.3 is 16.4 Å². The van der Waals surface area contributed by atoms with Crippen molar-refractivity contribution in [3.63, 3.8) is 0 Å². The van der Waals surface area contributed by atoms with Gasteiger partial charge in [-0.25, -0.2) is 4.98 Å². The summed E-state index contributed by atoms with van der Waals surface area (Å²) in [6.45, 7) is 0. The average Bonchev–Trinajstić information content (AvgIpc) is 3.46. The largest absolute Gasteiger partial charge is 0.399 e. The van der Waals surface area contributed by atoms with Crippen molar-refractivity contribution in [1.29, 1.82) is 0 Å². The first-order valence-corrected chi connectivity index (χ1v) is 8.40. The van der Waals surface area contributed by atoms with Crippen molar-refractivity contribution in [2.45, 2.75) is 18.9 Å². The van der Waals surface area contributed by atoms with Crippen molar-refractivity contribution >= 4 is 23.4 Å². The molecule has 2 heterocycles. The molecule has 7 nitrogen and oxygen atoms in total. The fourth-order valence-electron chi connectivity index (χ4n) is 2.53. The van der Waals surface area contributed by atoms with Gasteiger partial charge in [0.15, 0.2) is 0 Å². The molecule has 4 rings (SSSR count). The number of rotatable bonds is 5. The summed E-state index contributed by atoms with van der Waals surface area (Å²) in [5, 5.41) is 6.11. The number of amides is 1. The van der Waals surface area contributed by atoms with Crippen LogP contribution in [-0.4, -0.2) is 26.9 Å². The summed E-state index contributed by atoms with van der Waals surface area (Å²) in [6, 6.07) is 12.7. The molecule has 3 aromatic rings. The summed E-state index contributed by atoms with van der Waals surface area (Å²) in [7, 11) is 0. The molecule has 0 atom stereocenters. The standard InChI is InChI=1S/C19H18N6O/c20-14-3-1-2-13(10-14)18(26)24-17-11-16(12-6-8-21-9-7-12)23-19(25-17)22-15-4-5-15/h1-3,6-11,15H,4-5,20H2,(H2,22,23,24,25,26). The van der Waals surface area contributed by atoms with E-state index in [0.717, 1.165) is 18.4 Å². The highest BCUT2D eigenvalue weighted by atomic mass is 16.1. The zero-order chi connectivity index (χ0) is 17.9. The Balaban J connectivity index is 1.64. The third kappa shape index (κ3) is 3.77. The minimum absolute atomic E-state index is 0.269. The second-order valence-corrected chi connectivity index (χ2v) is 6.20. The molecule has 1 saturated carbocycles. The van der Waals surface area contributed by atoms with E-state index in [2.05, 4.69) is 25.6 Å². The lowest BCUT2D eigenvalue weighted by Gasteiger charge is -2.10. The normalized spacial score (nSPS) is 13.2. The number of aromatic nitrogens is 3. The maximum Gasteiger partial charge on any atom is 0.256 e. The maximum atomic E-state index is 12.5. The van der Waals surface area contributed by atoms with Crippen LogP contribution in [0.4, 0.5) is 17.5 Å². The van der Waals surface area contributed by atoms with Crippen molar-refractivity contribution < 1.29 is 4.79 Å². The monoisotopic (exact) mass is 346 g/mol. The molecule has 130 valence electrons. The molecule has 26 heavy (non-hydrogen) atoms. The molecule has 7 heteroatoms. The van der Waals surface area contributed by atoms with Gasteiger partial charge in [-0.15, -0.1) is 0 Å². The number of hydrogen-bond donors (Lipinski definition) is 3. The van der Waals surface area contributed by atoms with Crippen LogP contribution < -0.4 is 16.4 Å². The van der Waals surface area contributed by atoms with Gasteiger partial charge in [-0.3, -0.25) is 9.78 Å². The van der Waals surface area contributed by atoms with E-state index in [0.29, 0.717) is 34.8 Å². The lowest BCUT2D eigenvalue weighted by molar-refractivity contribution is 0.102. The second kappa shape index (κ2) is 6.79. The molecule has 1 aliphatic rings. The first-order chi connectivity index (χ1) is 12.7. The molecule has 0 unspecified atom stereocenters. The molecule has 0 bridgehead atoms. The Hall–Kier alpha value is -3.48. The Morgan fingerprint density at radius 2 is 1.88 bits per heavy atom. The van der Waals surface area contributed by atoms with Crippen LogP contribution in [0.3, 0.4) is 0 Å². The summed E-state index contributed by atoms with van der Waals surface area (Å²) >= 11 is 0. The number of carbonyl (C=O) groups is 1. The molecular weight excluding hydrogens is 328 g/mol. The number of nitrogens with two attached hydrogens (primary N) is 1. The van der Waals surface area contributed by atoms with Crippen molar-refractivity contribution in [2.75, 3.05) is 16.4 Å². The highest BCUT2D eigenvalue weighted by molar-refractivity contribution is 6.04. The van der Waals surface area contributed by atoms with E-state index in [-0.39, 0.29) is 5.91 Å². The van der Waals surface area contributed by atoms with Crippen molar-refractivity contribution in [3.05, 3.63) is 60.4 Å². The van der Waals surface area contributed by atoms with E-state index < -0.39 is 0 Å². The third-order valence-electron chi connectivity index (χ3n) is 4.00. The molecule has 0 saturated heterocycles. The van der Waals surface area contributed by atoms with Gasteiger partial charge in [0, 0.05) is 41.3 Å². The highest BCUT2D eigenvalue weighted by Gasteiger charge is 2.22. The minimum atomic E-state index is -0.269. The molecule has 0 aliphatic heterocycles. The van der Waals surface area contributed by atoms with Gasteiger partial charge >= 0.3 is 0 Å². The molecule has 1 amide bonds. The SMILES string of the molecule is Nc1cccc(C(=O)Nc2cc(-c3ccncc3)nc(NC3CC3)n2)c1. The zero-order valence-corrected chi connectivity index (χ0v) is 14.0. The predicted molar refractivity (Wildman–Crippen MR) is 101 cm³/mol. The van der Waals surface area contributed by atoms with Gasteiger partial charge in [0.25, 0.3) is 5.91 Å². The molecule has 1 aliphatic carbocycles. The summed E-state index contributed by atoms with van der Waals surface area (Å²) < 4.78 is 0. The van der Waals surface area contributed by atoms with E-state index in [1.165, 1.54) is 0 Å². The minimum Gasteiger partial charge on any atom is -0.399 e. The smallest absolute Gasteiger partial charge is 0.256 e. The number of benzene rings is 1. The number of nitrogens with one attached hydrogen (secondary N) is 2. The van der Waals surface area contributed by atoms with Gasteiger partial charge in [-0.1, -0.05) is 6.07 Å². The van der Waals surface area contributed by atoms with Crippen LogP contribution in [0.1, 0.15) is 23.2 Å². The molecule has 4 N–H and O–H groups in total. The van der Waals surface area contributed by atoms with Gasteiger partial charge in [0.05, 0.1) is 5.69 Å². The van der Waals surface area contributed by atoms with Gasteiger partial charge in [0.1, 0.15) is 5.82 Å². The molecule has 2 aromatic heterocycles. The average molecular weight is 346 g/mol. The number of anilines is 3. The van der Waals surface area contributed by atoms with Crippen LogP contribution in [0, 0.1) is 0 Å². The molecule has 0 spiro atoms. The first-order valence-electron chi connectivity index (χ1n) is 8.40. The second-order valence-electron chi connectivity index (χ2n) is 6.20. The number of carbonyl (C=O) groups excluding carboxylic acids is 1. The van der Waals surface area contributed by atoms with Crippen molar-refractivity contribution in [3.8, 4) is 11.3 Å². The highest BCUT2D eigenvalue weighted by Crippen LogP contribution is 2.26. The quantitative estimate of drug-likeness (QED) is 0.613. The van der Waals surface area contributed by atoms with Crippen LogP contribution in [0.5, 0.6) is 0 Å². The van der Waals surface area contributed by atoms with E-state index in [9.17, 15) is 4.79 Å². The van der Waals surface area contributed by atoms with Crippen LogP contribution in [0.15, 0.2) is 54.9 Å². The summed E-state index contributed by atoms with van der Waals surface area (Å²) in [4.78, 5) is 25.5. The lowest BCUT2D eigenvalue weighted by Crippen LogP contribution is -2.15. The lowest BCUT2D eigenvalue weighted by atomic mass is 10.2. The van der Waals surface area contributed by atoms with Crippen molar-refractivity contribution in [2.24, 2.45) is 0 Å². The van der Waals surface area contributed by atoms with Gasteiger partial charge in [0.2, 0.25) is 5.95 Å². The van der Waals surface area contributed by atoms with E-state index in [1.807, 2.05) is 12.1 Å². The number of pyridine rings is 1. The number of nitrogen functional groups attached to an aromatic ring is 1. The number of hydrogen-bond acceptors (Lipinski definition) is 6. The fraction of sp³-hybridized carbons (Fsp3) is 0.158. The van der Waals surface area contributed by atoms with Gasteiger partial charge in [-0.05, 0) is 43.2 Å². The molecule has 0 radical (unpaired) electrons. The third-order valence-corrected chi connectivity index (χ3v) is 4.00. The molecule has 1 fully saturated rings. The molecule has 1 aromatic carbocycles. The summed E-state index contributed by atoms with van der Waals surface area (Å²) in [5.74, 6) is 0.668. The van der Waals surface area contributed by atoms with E-state index in [4.69, 9.17) is 5.73 Å². The van der Waals surface area contributed by atoms with Crippen LogP contribution in [-0.2, 0) is 0 Å². The fourth-order valence-corrected chi connectivity index (χ4v) is 2.53. The van der Waals surface area contributed by atoms with Crippen LogP contribution in [0.2, 0.25) is 0 Å². The van der Waals surface area contributed by atoms with Crippen molar-refractivity contribution in [1.82, 2.24) is 15.0 Å². The Kier molecular flexibility index (Phi) is 4.18. The predicted octanol–water partition coefficient (Wildman–Crippen LogP) is 2.95. The topological polar surface area (TPSA) is 106 Å². The Morgan fingerprint density at radius 3 is 2.62 bits per heavy atom. The van der Waals surface area contributed by atoms with Crippen LogP contribution >= 0.6 is 0 Å². The summed E-state index contributed by atoms with van der Waals surface area (Å²) in [5.41, 5.74) is 8.39. The molecular formula is C19H18N6O.